The summed E-state index contributed by atoms with van der Waals surface area (Å²) in [5.41, 5.74) is 4.26. The Morgan fingerprint density at radius 3 is 2.50 bits per heavy atom. The number of aryl methyl sites for hydroxylation is 1. The number of carboxylic acid groups (broad SMARTS) is 1. The fourth-order valence-electron chi connectivity index (χ4n) is 2.95. The van der Waals surface area contributed by atoms with Gasteiger partial charge in [0.25, 0.3) is 0 Å². The zero-order valence-corrected chi connectivity index (χ0v) is 14.1. The Labute approximate surface area is 141 Å². The molecule has 3 rings (SSSR count). The molecule has 0 saturated carbocycles. The largest absolute Gasteiger partial charge is 0.465 e. The fraction of sp³-hybridized carbons (Fsp3) is 0.263. The third-order valence-electron chi connectivity index (χ3n) is 4.44. The minimum Gasteiger partial charge on any atom is -0.465 e. The van der Waals surface area contributed by atoms with E-state index in [-0.39, 0.29) is 5.92 Å². The van der Waals surface area contributed by atoms with E-state index in [0.29, 0.717) is 6.54 Å². The third-order valence-corrected chi connectivity index (χ3v) is 4.44. The summed E-state index contributed by atoms with van der Waals surface area (Å²) in [5.74, 6) is 1.18. The molecule has 0 aliphatic carbocycles. The van der Waals surface area contributed by atoms with E-state index in [1.807, 2.05) is 37.4 Å². The predicted molar refractivity (Wildman–Crippen MR) is 94.2 cm³/mol. The summed E-state index contributed by atoms with van der Waals surface area (Å²) in [6.07, 6.45) is -0.924. The zero-order valence-electron chi connectivity index (χ0n) is 14.1. The number of hydrogen-bond acceptors (Lipinski definition) is 2. The van der Waals surface area contributed by atoms with Crippen LogP contribution in [0.2, 0.25) is 0 Å². The Morgan fingerprint density at radius 2 is 1.88 bits per heavy atom. The van der Waals surface area contributed by atoms with Crippen LogP contribution in [0.15, 0.2) is 48.5 Å². The molecule has 2 aromatic carbocycles. The van der Waals surface area contributed by atoms with E-state index in [4.69, 9.17) is 10.1 Å². The summed E-state index contributed by atoms with van der Waals surface area (Å²) in [6, 6.07) is 16.2. The Morgan fingerprint density at radius 1 is 1.21 bits per heavy atom. The average molecular weight is 323 g/mol. The molecule has 5 heteroatoms. The second-order valence-corrected chi connectivity index (χ2v) is 6.12. The highest BCUT2D eigenvalue weighted by Crippen LogP contribution is 2.26. The molecule has 0 fully saturated rings. The van der Waals surface area contributed by atoms with Gasteiger partial charge in [0.2, 0.25) is 0 Å². The van der Waals surface area contributed by atoms with Gasteiger partial charge in [-0.15, -0.1) is 0 Å². The van der Waals surface area contributed by atoms with Crippen molar-refractivity contribution in [3.63, 3.8) is 0 Å². The van der Waals surface area contributed by atoms with Crippen molar-refractivity contribution in [2.45, 2.75) is 19.4 Å². The summed E-state index contributed by atoms with van der Waals surface area (Å²) in [5, 5.41) is 8.95. The monoisotopic (exact) mass is 323 g/mol. The lowest BCUT2D eigenvalue weighted by Crippen LogP contribution is -2.23. The van der Waals surface area contributed by atoms with Crippen molar-refractivity contribution >= 4 is 17.1 Å². The summed E-state index contributed by atoms with van der Waals surface area (Å²) in [7, 11) is 3.61. The molecule has 24 heavy (non-hydrogen) atoms. The van der Waals surface area contributed by atoms with Crippen LogP contribution >= 0.6 is 0 Å². The molecular formula is C19H21N3O2. The lowest BCUT2D eigenvalue weighted by atomic mass is 9.99. The molecule has 1 unspecified atom stereocenters. The van der Waals surface area contributed by atoms with Gasteiger partial charge < -0.3 is 14.6 Å². The maximum Gasteiger partial charge on any atom is 0.407 e. The lowest BCUT2D eigenvalue weighted by Gasteiger charge is -2.15. The van der Waals surface area contributed by atoms with E-state index < -0.39 is 6.09 Å². The van der Waals surface area contributed by atoms with Crippen LogP contribution in [-0.4, -0.2) is 32.7 Å². The van der Waals surface area contributed by atoms with E-state index in [2.05, 4.69) is 29.7 Å². The average Bonchev–Trinajstić information content (AvgIpc) is 2.92. The zero-order chi connectivity index (χ0) is 17.3. The van der Waals surface area contributed by atoms with Crippen LogP contribution in [0.3, 0.4) is 0 Å². The second kappa shape index (κ2) is 6.35. The van der Waals surface area contributed by atoms with Crippen LogP contribution in [0.1, 0.15) is 29.8 Å². The number of amides is 1. The highest BCUT2D eigenvalue weighted by molar-refractivity contribution is 5.76. The number of nitrogens with zero attached hydrogens (tertiary/aromatic N) is 3. The number of hydrogen-bond donors (Lipinski definition) is 1. The number of benzene rings is 2. The first kappa shape index (κ1) is 16.1. The van der Waals surface area contributed by atoms with Crippen molar-refractivity contribution in [2.75, 3.05) is 7.05 Å². The Balaban J connectivity index is 1.85. The van der Waals surface area contributed by atoms with Crippen molar-refractivity contribution in [2.24, 2.45) is 7.05 Å². The molecule has 0 radical (unpaired) electrons. The molecule has 0 bridgehead atoms. The van der Waals surface area contributed by atoms with Crippen LogP contribution in [0, 0.1) is 0 Å². The number of imidazole rings is 1. The van der Waals surface area contributed by atoms with Crippen molar-refractivity contribution in [3.8, 4) is 0 Å². The number of para-hydroxylation sites is 2. The van der Waals surface area contributed by atoms with Gasteiger partial charge in [0.05, 0.1) is 11.0 Å². The van der Waals surface area contributed by atoms with Gasteiger partial charge >= 0.3 is 6.09 Å². The van der Waals surface area contributed by atoms with E-state index in [0.717, 1.165) is 28.0 Å². The quantitative estimate of drug-likeness (QED) is 0.794. The number of carbonyl (C=O) groups is 1. The van der Waals surface area contributed by atoms with Crippen molar-refractivity contribution in [3.05, 3.63) is 65.5 Å². The molecule has 5 nitrogen and oxygen atoms in total. The van der Waals surface area contributed by atoms with E-state index >= 15 is 0 Å². The van der Waals surface area contributed by atoms with Crippen molar-refractivity contribution < 1.29 is 9.90 Å². The maximum absolute atomic E-state index is 10.9. The molecule has 0 spiro atoms. The molecule has 1 heterocycles. The molecule has 1 N–H and O–H groups in total. The highest BCUT2D eigenvalue weighted by Gasteiger charge is 2.16. The summed E-state index contributed by atoms with van der Waals surface area (Å²) in [4.78, 5) is 16.9. The summed E-state index contributed by atoms with van der Waals surface area (Å²) in [6.45, 7) is 2.52. The van der Waals surface area contributed by atoms with E-state index in [1.54, 1.807) is 7.05 Å². The molecule has 1 aromatic heterocycles. The van der Waals surface area contributed by atoms with Crippen LogP contribution in [0.5, 0.6) is 0 Å². The molecular weight excluding hydrogens is 302 g/mol. The van der Waals surface area contributed by atoms with E-state index in [1.165, 1.54) is 4.90 Å². The minimum atomic E-state index is -0.924. The van der Waals surface area contributed by atoms with Crippen LogP contribution in [0.4, 0.5) is 4.79 Å². The van der Waals surface area contributed by atoms with Gasteiger partial charge in [-0.1, -0.05) is 43.3 Å². The van der Waals surface area contributed by atoms with Gasteiger partial charge in [-0.05, 0) is 23.3 Å². The van der Waals surface area contributed by atoms with Crippen LogP contribution in [0.25, 0.3) is 11.0 Å². The van der Waals surface area contributed by atoms with Gasteiger partial charge in [0, 0.05) is 26.6 Å². The number of aromatic nitrogens is 2. The van der Waals surface area contributed by atoms with Gasteiger partial charge in [0.15, 0.2) is 0 Å². The summed E-state index contributed by atoms with van der Waals surface area (Å²) < 4.78 is 2.13. The first-order valence-corrected chi connectivity index (χ1v) is 7.91. The maximum atomic E-state index is 10.9. The molecule has 0 aliphatic rings. The van der Waals surface area contributed by atoms with Crippen LogP contribution < -0.4 is 0 Å². The molecule has 3 aromatic rings. The SMILES string of the molecule is CC(c1ccc(CN(C)C(=O)O)cc1)c1nc2ccccc2n1C. The Kier molecular flexibility index (Phi) is 4.25. The van der Waals surface area contributed by atoms with Gasteiger partial charge in [-0.2, -0.15) is 0 Å². The fourth-order valence-corrected chi connectivity index (χ4v) is 2.95. The molecule has 0 aliphatic heterocycles. The van der Waals surface area contributed by atoms with Crippen molar-refractivity contribution in [1.29, 1.82) is 0 Å². The Hall–Kier alpha value is -2.82. The van der Waals surface area contributed by atoms with Crippen molar-refractivity contribution in [1.82, 2.24) is 14.5 Å². The first-order valence-electron chi connectivity index (χ1n) is 7.91. The van der Waals surface area contributed by atoms with E-state index in [9.17, 15) is 4.79 Å². The summed E-state index contributed by atoms with van der Waals surface area (Å²) >= 11 is 0. The van der Waals surface area contributed by atoms with Gasteiger partial charge in [-0.25, -0.2) is 9.78 Å². The Bertz CT molecular complexity index is 868. The third kappa shape index (κ3) is 2.97. The normalized spacial score (nSPS) is 12.3. The molecule has 1 atom stereocenters. The highest BCUT2D eigenvalue weighted by atomic mass is 16.4. The minimum absolute atomic E-state index is 0.161. The topological polar surface area (TPSA) is 58.4 Å². The number of rotatable bonds is 4. The van der Waals surface area contributed by atoms with Crippen LogP contribution in [-0.2, 0) is 13.6 Å². The molecule has 124 valence electrons. The lowest BCUT2D eigenvalue weighted by molar-refractivity contribution is 0.154. The molecule has 0 saturated heterocycles. The standard InChI is InChI=1S/C19H21N3O2/c1-13(18-20-16-6-4-5-7-17(16)22(18)3)15-10-8-14(9-11-15)12-21(2)19(23)24/h4-11,13H,12H2,1-3H3,(H,23,24). The van der Waals surface area contributed by atoms with Gasteiger partial charge in [-0.3, -0.25) is 0 Å². The first-order chi connectivity index (χ1) is 11.5. The predicted octanol–water partition coefficient (Wildman–Crippen LogP) is 3.83. The second-order valence-electron chi connectivity index (χ2n) is 6.12. The molecule has 1 amide bonds. The van der Waals surface area contributed by atoms with Gasteiger partial charge in [0.1, 0.15) is 5.82 Å². The number of fused-ring (bicyclic) bond motifs is 1. The smallest absolute Gasteiger partial charge is 0.407 e.